The topological polar surface area (TPSA) is 84.5 Å². The number of ether oxygens (including phenoxy) is 1. The molecular weight excluding hydrogens is 388 g/mol. The minimum Gasteiger partial charge on any atom is -0.492 e. The number of benzene rings is 3. The van der Waals surface area contributed by atoms with E-state index in [9.17, 15) is 13.2 Å². The molecule has 0 aromatic heterocycles. The molecule has 1 amide bonds. The number of para-hydroxylation sites is 2. The van der Waals surface area contributed by atoms with Gasteiger partial charge in [-0.15, -0.1) is 0 Å². The molecule has 3 rings (SSSR count). The monoisotopic (exact) mass is 410 g/mol. The molecule has 0 aliphatic rings. The standard InChI is InChI=1S/C22H22N2O4S/c1-3-28-21-12-8-7-11-20(21)23-22(25)17-13-14-19(16(2)15-17)24-29(26,27)18-9-5-4-6-10-18/h4-15,24H,3H2,1-2H3,(H,23,25). The van der Waals surface area contributed by atoms with E-state index in [2.05, 4.69) is 10.0 Å². The van der Waals surface area contributed by atoms with E-state index in [4.69, 9.17) is 4.74 Å². The maximum absolute atomic E-state index is 12.6. The molecule has 0 aliphatic carbocycles. The van der Waals surface area contributed by atoms with Gasteiger partial charge in [0.15, 0.2) is 0 Å². The summed E-state index contributed by atoms with van der Waals surface area (Å²) in [4.78, 5) is 12.8. The zero-order valence-electron chi connectivity index (χ0n) is 16.2. The number of sulfonamides is 1. The van der Waals surface area contributed by atoms with Crippen molar-refractivity contribution in [3.05, 3.63) is 83.9 Å². The Labute approximate surface area is 170 Å². The molecule has 0 radical (unpaired) electrons. The molecule has 0 heterocycles. The summed E-state index contributed by atoms with van der Waals surface area (Å²) in [6.07, 6.45) is 0. The molecular formula is C22H22N2O4S. The normalized spacial score (nSPS) is 11.0. The Kier molecular flexibility index (Phi) is 6.19. The zero-order chi connectivity index (χ0) is 20.9. The Balaban J connectivity index is 1.78. The first-order valence-electron chi connectivity index (χ1n) is 9.12. The fourth-order valence-electron chi connectivity index (χ4n) is 2.77. The number of anilines is 2. The quantitative estimate of drug-likeness (QED) is 0.603. The van der Waals surface area contributed by atoms with Crippen LogP contribution in [0.3, 0.4) is 0 Å². The van der Waals surface area contributed by atoms with E-state index in [0.717, 1.165) is 0 Å². The molecule has 0 saturated heterocycles. The highest BCUT2D eigenvalue weighted by Gasteiger charge is 2.16. The van der Waals surface area contributed by atoms with E-state index < -0.39 is 10.0 Å². The molecule has 3 aromatic rings. The minimum absolute atomic E-state index is 0.175. The average Bonchev–Trinajstić information content (AvgIpc) is 2.71. The molecule has 3 aromatic carbocycles. The van der Waals surface area contributed by atoms with Crippen LogP contribution in [0.25, 0.3) is 0 Å². The van der Waals surface area contributed by atoms with E-state index in [0.29, 0.717) is 34.9 Å². The number of hydrogen-bond donors (Lipinski definition) is 2. The second-order valence-corrected chi connectivity index (χ2v) is 8.01. The van der Waals surface area contributed by atoms with Crippen LogP contribution in [0.4, 0.5) is 11.4 Å². The van der Waals surface area contributed by atoms with Crippen LogP contribution in [-0.2, 0) is 10.0 Å². The van der Waals surface area contributed by atoms with Gasteiger partial charge in [-0.25, -0.2) is 8.42 Å². The van der Waals surface area contributed by atoms with Crippen molar-refractivity contribution >= 4 is 27.3 Å². The van der Waals surface area contributed by atoms with Crippen molar-refractivity contribution in [1.82, 2.24) is 0 Å². The summed E-state index contributed by atoms with van der Waals surface area (Å²) in [6, 6.07) is 20.1. The second-order valence-electron chi connectivity index (χ2n) is 6.33. The summed E-state index contributed by atoms with van der Waals surface area (Å²) < 4.78 is 33.1. The lowest BCUT2D eigenvalue weighted by Crippen LogP contribution is -2.15. The van der Waals surface area contributed by atoms with Crippen LogP contribution in [0.15, 0.2) is 77.7 Å². The van der Waals surface area contributed by atoms with Gasteiger partial charge in [0.05, 0.1) is 22.9 Å². The average molecular weight is 410 g/mol. The van der Waals surface area contributed by atoms with Crippen LogP contribution in [0, 0.1) is 6.92 Å². The van der Waals surface area contributed by atoms with Gasteiger partial charge in [0.1, 0.15) is 5.75 Å². The maximum Gasteiger partial charge on any atom is 0.261 e. The Morgan fingerprint density at radius 1 is 0.931 bits per heavy atom. The Morgan fingerprint density at radius 3 is 2.31 bits per heavy atom. The van der Waals surface area contributed by atoms with Gasteiger partial charge in [-0.3, -0.25) is 9.52 Å². The van der Waals surface area contributed by atoms with Crippen molar-refractivity contribution < 1.29 is 17.9 Å². The van der Waals surface area contributed by atoms with Crippen LogP contribution in [0.1, 0.15) is 22.8 Å². The van der Waals surface area contributed by atoms with Gasteiger partial charge >= 0.3 is 0 Å². The molecule has 0 saturated carbocycles. The summed E-state index contributed by atoms with van der Waals surface area (Å²) in [6.45, 7) is 4.10. The smallest absolute Gasteiger partial charge is 0.261 e. The highest BCUT2D eigenvalue weighted by molar-refractivity contribution is 7.92. The van der Waals surface area contributed by atoms with Crippen LogP contribution in [0.5, 0.6) is 5.75 Å². The van der Waals surface area contributed by atoms with E-state index in [1.54, 1.807) is 55.5 Å². The predicted octanol–water partition coefficient (Wildman–Crippen LogP) is 4.45. The minimum atomic E-state index is -3.70. The number of carbonyl (C=O) groups is 1. The van der Waals surface area contributed by atoms with Gasteiger partial charge in [0.2, 0.25) is 0 Å². The lowest BCUT2D eigenvalue weighted by Gasteiger charge is -2.13. The van der Waals surface area contributed by atoms with E-state index in [-0.39, 0.29) is 10.8 Å². The second kappa shape index (κ2) is 8.79. The highest BCUT2D eigenvalue weighted by Crippen LogP contribution is 2.25. The van der Waals surface area contributed by atoms with E-state index in [1.165, 1.54) is 12.1 Å². The van der Waals surface area contributed by atoms with Gasteiger partial charge in [-0.1, -0.05) is 30.3 Å². The first kappa shape index (κ1) is 20.4. The van der Waals surface area contributed by atoms with Crippen molar-refractivity contribution in [2.75, 3.05) is 16.6 Å². The fraction of sp³-hybridized carbons (Fsp3) is 0.136. The van der Waals surface area contributed by atoms with E-state index >= 15 is 0 Å². The molecule has 0 unspecified atom stereocenters. The van der Waals surface area contributed by atoms with Crippen LogP contribution in [0.2, 0.25) is 0 Å². The molecule has 6 nitrogen and oxygen atoms in total. The number of amides is 1. The van der Waals surface area contributed by atoms with Gasteiger partial charge in [-0.2, -0.15) is 0 Å². The third-order valence-corrected chi connectivity index (χ3v) is 5.60. The van der Waals surface area contributed by atoms with Crippen molar-refractivity contribution in [3.63, 3.8) is 0 Å². The number of rotatable bonds is 7. The number of carbonyl (C=O) groups excluding carboxylic acids is 1. The lowest BCUT2D eigenvalue weighted by molar-refractivity contribution is 0.102. The first-order chi connectivity index (χ1) is 13.9. The number of aryl methyl sites for hydroxylation is 1. The Morgan fingerprint density at radius 2 is 1.62 bits per heavy atom. The molecule has 150 valence electrons. The summed E-state index contributed by atoms with van der Waals surface area (Å²) in [7, 11) is -3.70. The SMILES string of the molecule is CCOc1ccccc1NC(=O)c1ccc(NS(=O)(=O)c2ccccc2)c(C)c1. The van der Waals surface area contributed by atoms with Gasteiger partial charge in [0, 0.05) is 5.56 Å². The summed E-state index contributed by atoms with van der Waals surface area (Å²) in [5.41, 5.74) is 2.04. The zero-order valence-corrected chi connectivity index (χ0v) is 17.0. The van der Waals surface area contributed by atoms with Crippen molar-refractivity contribution in [2.24, 2.45) is 0 Å². The van der Waals surface area contributed by atoms with Gasteiger partial charge in [-0.05, 0) is 61.9 Å². The molecule has 7 heteroatoms. The molecule has 0 atom stereocenters. The molecule has 0 aliphatic heterocycles. The third kappa shape index (κ3) is 4.94. The van der Waals surface area contributed by atoms with Crippen LogP contribution >= 0.6 is 0 Å². The first-order valence-corrected chi connectivity index (χ1v) is 10.6. The molecule has 29 heavy (non-hydrogen) atoms. The third-order valence-electron chi connectivity index (χ3n) is 4.22. The van der Waals surface area contributed by atoms with Gasteiger partial charge in [0.25, 0.3) is 15.9 Å². The lowest BCUT2D eigenvalue weighted by atomic mass is 10.1. The predicted molar refractivity (Wildman–Crippen MR) is 114 cm³/mol. The highest BCUT2D eigenvalue weighted by atomic mass is 32.2. The van der Waals surface area contributed by atoms with E-state index in [1.807, 2.05) is 19.1 Å². The van der Waals surface area contributed by atoms with Crippen LogP contribution in [-0.4, -0.2) is 20.9 Å². The van der Waals surface area contributed by atoms with Crippen molar-refractivity contribution in [3.8, 4) is 5.75 Å². The fourth-order valence-corrected chi connectivity index (χ4v) is 3.92. The molecule has 0 bridgehead atoms. The van der Waals surface area contributed by atoms with Crippen LogP contribution < -0.4 is 14.8 Å². The molecule has 2 N–H and O–H groups in total. The summed E-state index contributed by atoms with van der Waals surface area (Å²) >= 11 is 0. The van der Waals surface area contributed by atoms with Crippen molar-refractivity contribution in [2.45, 2.75) is 18.7 Å². The summed E-state index contributed by atoms with van der Waals surface area (Å²) in [5.74, 6) is 0.282. The summed E-state index contributed by atoms with van der Waals surface area (Å²) in [5, 5.41) is 2.83. The van der Waals surface area contributed by atoms with Crippen molar-refractivity contribution in [1.29, 1.82) is 0 Å². The molecule has 0 spiro atoms. The number of hydrogen-bond acceptors (Lipinski definition) is 4. The molecule has 0 fully saturated rings. The van der Waals surface area contributed by atoms with Gasteiger partial charge < -0.3 is 10.1 Å². The number of nitrogens with one attached hydrogen (secondary N) is 2. The Hall–Kier alpha value is -3.32. The maximum atomic E-state index is 12.6. The largest absolute Gasteiger partial charge is 0.492 e. The Bertz CT molecular complexity index is 1110.